The van der Waals surface area contributed by atoms with Crippen LogP contribution in [-0.4, -0.2) is 95.7 Å². The number of pyridine rings is 1. The van der Waals surface area contributed by atoms with Gasteiger partial charge in [0, 0.05) is 41.5 Å². The van der Waals surface area contributed by atoms with Crippen LogP contribution in [0.2, 0.25) is 0 Å². The molecule has 50 heavy (non-hydrogen) atoms. The molecule has 18 heteroatoms. The van der Waals surface area contributed by atoms with E-state index in [1.54, 1.807) is 19.4 Å². The molecule has 280 valence electrons. The van der Waals surface area contributed by atoms with Crippen LogP contribution in [0.5, 0.6) is 5.75 Å². The van der Waals surface area contributed by atoms with Gasteiger partial charge in [0.1, 0.15) is 11.9 Å². The third kappa shape index (κ3) is 8.31. The molecular weight excluding hydrogens is 707 g/mol. The van der Waals surface area contributed by atoms with E-state index in [0.29, 0.717) is 36.4 Å². The Bertz CT molecular complexity index is 1520. The van der Waals surface area contributed by atoms with Crippen molar-refractivity contribution in [3.05, 3.63) is 36.0 Å². The lowest BCUT2D eigenvalue weighted by molar-refractivity contribution is -0.388. The van der Waals surface area contributed by atoms with Crippen LogP contribution in [0.3, 0.4) is 0 Å². The van der Waals surface area contributed by atoms with Gasteiger partial charge in [-0.2, -0.15) is 51.3 Å². The summed E-state index contributed by atoms with van der Waals surface area (Å²) in [6, 6.07) is 7.12. The number of nitrogens with one attached hydrogen (secondary N) is 2. The number of rotatable bonds is 13. The molecule has 5 atom stereocenters. The lowest BCUT2D eigenvalue weighted by Crippen LogP contribution is -2.65. The fourth-order valence-electron chi connectivity index (χ4n) is 6.35. The van der Waals surface area contributed by atoms with Gasteiger partial charge in [-0.05, 0) is 88.4 Å². The Morgan fingerprint density at radius 3 is 2.32 bits per heavy atom. The highest BCUT2D eigenvalue weighted by atomic mass is 32.2. The molecule has 2 bridgehead atoms. The average molecular weight is 747 g/mol. The number of fused-ring (bicyclic) bond motifs is 4. The van der Waals surface area contributed by atoms with Crippen molar-refractivity contribution in [2.24, 2.45) is 11.8 Å². The minimum absolute atomic E-state index is 0.0792. The number of amides is 2. The van der Waals surface area contributed by atoms with Gasteiger partial charge in [0.15, 0.2) is 0 Å². The van der Waals surface area contributed by atoms with Gasteiger partial charge in [0.25, 0.3) is 5.91 Å². The first kappa shape index (κ1) is 39.6. The number of hydrogen-bond donors (Lipinski definition) is 2. The van der Waals surface area contributed by atoms with Crippen LogP contribution in [-0.2, 0) is 9.53 Å². The van der Waals surface area contributed by atoms with Crippen molar-refractivity contribution in [1.29, 1.82) is 0 Å². The normalized spacial score (nSPS) is 22.3. The van der Waals surface area contributed by atoms with E-state index in [-0.39, 0.29) is 23.6 Å². The molecule has 3 saturated heterocycles. The van der Waals surface area contributed by atoms with Crippen LogP contribution in [0.4, 0.5) is 44.3 Å². The molecule has 0 aliphatic carbocycles. The van der Waals surface area contributed by atoms with Gasteiger partial charge >= 0.3 is 30.0 Å². The molecule has 4 heterocycles. The van der Waals surface area contributed by atoms with Gasteiger partial charge in [0.2, 0.25) is 0 Å². The maximum Gasteiger partial charge on any atom is 0.460 e. The van der Waals surface area contributed by atoms with Crippen molar-refractivity contribution in [2.75, 3.05) is 38.2 Å². The van der Waals surface area contributed by atoms with Crippen LogP contribution < -0.4 is 15.4 Å². The summed E-state index contributed by atoms with van der Waals surface area (Å²) in [5.74, 6) is -21.9. The number of alkyl halides is 9. The van der Waals surface area contributed by atoms with E-state index in [1.807, 2.05) is 39.0 Å². The van der Waals surface area contributed by atoms with E-state index in [0.717, 1.165) is 23.9 Å². The van der Waals surface area contributed by atoms with Crippen molar-refractivity contribution >= 4 is 34.7 Å². The number of nitrogens with zero attached hydrogens (tertiary/aromatic N) is 2. The molecule has 0 spiro atoms. The zero-order valence-corrected chi connectivity index (χ0v) is 28.5. The van der Waals surface area contributed by atoms with Crippen molar-refractivity contribution in [3.63, 3.8) is 0 Å². The maximum absolute atomic E-state index is 13.8. The highest BCUT2D eigenvalue weighted by Gasteiger charge is 2.83. The Kier molecular flexibility index (Phi) is 11.8. The number of carbonyl (C=O) groups is 2. The molecule has 1 unspecified atom stereocenters. The van der Waals surface area contributed by atoms with Crippen molar-refractivity contribution in [3.8, 4) is 5.75 Å². The standard InChI is InChI=1S/C32H39F9N4O4S/c1-28(2,3)44-27(47)49-25(21-7-10-42-23-6-5-20(48-4)16-22(21)23)24-15-18-8-12-45(24)17-19(18)9-13-50-14-11-43-26(46)29(33,34)30(35,36)31(37,38)32(39,40)41/h5-7,10,16,18-19,24-25H,8-9,11-15,17H2,1-4H3,(H,43,46)(H,44,47)/t18-,19-,24-,25+/m0/s1. The highest BCUT2D eigenvalue weighted by molar-refractivity contribution is 7.99. The summed E-state index contributed by atoms with van der Waals surface area (Å²) >= 11 is 1.18. The summed E-state index contributed by atoms with van der Waals surface area (Å²) in [6.07, 6.45) is -4.35. The van der Waals surface area contributed by atoms with Gasteiger partial charge in [-0.15, -0.1) is 0 Å². The van der Waals surface area contributed by atoms with E-state index in [9.17, 15) is 49.1 Å². The first-order valence-corrected chi connectivity index (χ1v) is 17.0. The summed E-state index contributed by atoms with van der Waals surface area (Å²) < 4.78 is 129. The molecule has 5 rings (SSSR count). The Balaban J connectivity index is 1.36. The molecule has 3 fully saturated rings. The molecule has 1 aromatic carbocycles. The van der Waals surface area contributed by atoms with Gasteiger partial charge in [-0.3, -0.25) is 14.7 Å². The predicted octanol–water partition coefficient (Wildman–Crippen LogP) is 7.23. The molecule has 0 radical (unpaired) electrons. The Morgan fingerprint density at radius 1 is 1.02 bits per heavy atom. The van der Waals surface area contributed by atoms with E-state index in [4.69, 9.17) is 9.47 Å². The fourth-order valence-corrected chi connectivity index (χ4v) is 7.27. The zero-order valence-electron chi connectivity index (χ0n) is 27.7. The Labute approximate surface area is 287 Å². The quantitative estimate of drug-likeness (QED) is 0.165. The number of piperidine rings is 3. The second-order valence-electron chi connectivity index (χ2n) is 13.5. The SMILES string of the molecule is COc1ccc2nccc([C@@H](OC(=O)NC(C)(C)C)[C@@H]3C[C@@H]4CCN3C[C@@H]4CCSCCNC(=O)C(F)(F)C(F)(F)C(F)(F)C(F)(F)F)c2c1. The van der Waals surface area contributed by atoms with E-state index in [2.05, 4.69) is 15.2 Å². The summed E-state index contributed by atoms with van der Waals surface area (Å²) in [4.78, 5) is 31.4. The van der Waals surface area contributed by atoms with Crippen LogP contribution in [0.25, 0.3) is 10.9 Å². The summed E-state index contributed by atoms with van der Waals surface area (Å²) in [7, 11) is 1.55. The van der Waals surface area contributed by atoms with Crippen LogP contribution in [0.1, 0.15) is 51.7 Å². The highest BCUT2D eigenvalue weighted by Crippen LogP contribution is 2.53. The van der Waals surface area contributed by atoms with Crippen molar-refractivity contribution in [2.45, 2.75) is 81.7 Å². The molecule has 2 amide bonds. The van der Waals surface area contributed by atoms with Crippen LogP contribution in [0, 0.1) is 11.8 Å². The average Bonchev–Trinajstić information content (AvgIpc) is 3.03. The van der Waals surface area contributed by atoms with Gasteiger partial charge in [-0.1, -0.05) is 0 Å². The molecule has 3 aliphatic rings. The number of ether oxygens (including phenoxy) is 2. The van der Waals surface area contributed by atoms with Crippen LogP contribution in [0.15, 0.2) is 30.5 Å². The van der Waals surface area contributed by atoms with Crippen LogP contribution >= 0.6 is 11.8 Å². The summed E-state index contributed by atoms with van der Waals surface area (Å²) in [5.41, 5.74) is 0.929. The number of benzene rings is 1. The summed E-state index contributed by atoms with van der Waals surface area (Å²) in [6.45, 7) is 6.28. The number of alkyl carbamates (subject to hydrolysis) is 1. The Morgan fingerprint density at radius 2 is 1.72 bits per heavy atom. The minimum atomic E-state index is -7.13. The predicted molar refractivity (Wildman–Crippen MR) is 168 cm³/mol. The van der Waals surface area contributed by atoms with Crippen molar-refractivity contribution in [1.82, 2.24) is 20.5 Å². The molecule has 2 aromatic rings. The smallest absolute Gasteiger partial charge is 0.460 e. The lowest BCUT2D eigenvalue weighted by Gasteiger charge is -2.52. The van der Waals surface area contributed by atoms with E-state index in [1.165, 1.54) is 17.1 Å². The maximum atomic E-state index is 13.8. The summed E-state index contributed by atoms with van der Waals surface area (Å²) in [5, 5.41) is 4.98. The third-order valence-corrected chi connectivity index (χ3v) is 9.90. The van der Waals surface area contributed by atoms with E-state index >= 15 is 0 Å². The fraction of sp³-hybridized carbons (Fsp3) is 0.656. The van der Waals surface area contributed by atoms with Gasteiger partial charge in [0.05, 0.1) is 18.7 Å². The van der Waals surface area contributed by atoms with Gasteiger partial charge in [-0.25, -0.2) is 4.79 Å². The first-order chi connectivity index (χ1) is 23.1. The topological polar surface area (TPSA) is 92.8 Å². The molecule has 3 aliphatic heterocycles. The second-order valence-corrected chi connectivity index (χ2v) is 14.7. The monoisotopic (exact) mass is 746 g/mol. The molecule has 0 saturated carbocycles. The zero-order chi connectivity index (χ0) is 37.3. The first-order valence-electron chi connectivity index (χ1n) is 15.8. The number of hydrogen-bond acceptors (Lipinski definition) is 7. The molecular formula is C32H39F9N4O4S. The lowest BCUT2D eigenvalue weighted by atomic mass is 9.72. The number of halogens is 9. The number of thioether (sulfide) groups is 1. The van der Waals surface area contributed by atoms with Crippen molar-refractivity contribution < 1.29 is 58.6 Å². The third-order valence-electron chi connectivity index (χ3n) is 8.88. The van der Waals surface area contributed by atoms with E-state index < -0.39 is 54.1 Å². The van der Waals surface area contributed by atoms with Gasteiger partial charge < -0.3 is 20.1 Å². The molecule has 2 N–H and O–H groups in total. The molecule has 8 nitrogen and oxygen atoms in total. The number of carbonyl (C=O) groups excluding carboxylic acids is 2. The minimum Gasteiger partial charge on any atom is -0.497 e. The molecule has 1 aromatic heterocycles. The number of aromatic nitrogens is 1. The number of methoxy groups -OCH3 is 1. The Hall–Kier alpha value is -3.15. The largest absolute Gasteiger partial charge is 0.497 e. The second kappa shape index (κ2) is 14.8.